The van der Waals surface area contributed by atoms with Gasteiger partial charge in [0.05, 0.1) is 0 Å². The second-order valence-corrected chi connectivity index (χ2v) is 0.787. The maximum absolute atomic E-state index is 8.89. The molecule has 0 amide bonds. The summed E-state index contributed by atoms with van der Waals surface area (Å²) < 4.78 is 0. The van der Waals surface area contributed by atoms with Gasteiger partial charge in [0.1, 0.15) is 0 Å². The molecule has 0 aliphatic heterocycles. The summed E-state index contributed by atoms with van der Waals surface area (Å²) in [6.07, 6.45) is 0. The molecule has 13 heavy (non-hydrogen) atoms. The predicted octanol–water partition coefficient (Wildman–Crippen LogP) is -14.8. The van der Waals surface area contributed by atoms with Gasteiger partial charge in [0.15, 0.2) is 11.9 Å². The van der Waals surface area contributed by atoms with Crippen molar-refractivity contribution in [2.75, 3.05) is 0 Å². The largest absolute Gasteiger partial charge is 1.00 e. The Balaban J connectivity index is -0.00000000375. The zero-order valence-corrected chi connectivity index (χ0v) is 19.1. The molecular weight excluding hydrogens is 227 g/mol. The van der Waals surface area contributed by atoms with E-state index in [0.717, 1.165) is 0 Å². The summed E-state index contributed by atoms with van der Waals surface area (Å²) in [7, 11) is 0. The first-order valence-electron chi connectivity index (χ1n) is 1.56. The second-order valence-electron chi connectivity index (χ2n) is 0.787. The van der Waals surface area contributed by atoms with E-state index < -0.39 is 11.9 Å². The van der Waals surface area contributed by atoms with Gasteiger partial charge in [-0.1, -0.05) is 0 Å². The molecule has 0 fully saturated rings. The first-order valence-corrected chi connectivity index (χ1v) is 1.56. The Morgan fingerprint density at radius 1 is 0.769 bits per heavy atom. The Hall–Kier alpha value is 3.68. The number of hydrogen-bond acceptors (Lipinski definition) is 2. The summed E-state index contributed by atoms with van der Waals surface area (Å²) in [6.45, 7) is 5.11. The van der Waals surface area contributed by atoms with Crippen molar-refractivity contribution in [1.82, 2.24) is 0 Å². The number of aliphatic carboxylic acids is 2. The SMILES string of the molecule is [CH2-]C(=O)O.[CH2-]C(=O)O.[H-].[H-].[H-].[Na+].[Na+].[Na+].[Na+].[Na+]. The van der Waals surface area contributed by atoms with Gasteiger partial charge in [-0.25, -0.2) is 0 Å². The van der Waals surface area contributed by atoms with Crippen molar-refractivity contribution in [1.29, 1.82) is 0 Å². The van der Waals surface area contributed by atoms with Crippen molar-refractivity contribution >= 4 is 11.9 Å². The fraction of sp³-hybridized carbons (Fsp3) is 0. The van der Waals surface area contributed by atoms with Crippen LogP contribution < -0.4 is 148 Å². The van der Waals surface area contributed by atoms with Crippen LogP contribution in [0.1, 0.15) is 4.28 Å². The van der Waals surface area contributed by atoms with Crippen LogP contribution in [0.15, 0.2) is 0 Å². The summed E-state index contributed by atoms with van der Waals surface area (Å²) in [5.74, 6) is -2.17. The van der Waals surface area contributed by atoms with E-state index in [1.807, 2.05) is 0 Å². The predicted molar refractivity (Wildman–Crippen MR) is 29.3 cm³/mol. The molecule has 54 valence electrons. The fourth-order valence-electron chi connectivity index (χ4n) is 0. The minimum absolute atomic E-state index is 0. The standard InChI is InChI=1S/2C2H3O2.5Na.3H/c2*1-2(3)4;;;;;;;;/h2*1H2,(H,3,4);;;;;;;;/q2*-1;5*+1;3*-1. The van der Waals surface area contributed by atoms with Gasteiger partial charge in [-0.3, -0.25) is 23.4 Å². The Labute approximate surface area is 193 Å². The first kappa shape index (κ1) is 43.8. The number of rotatable bonds is 0. The van der Waals surface area contributed by atoms with E-state index in [1.54, 1.807) is 0 Å². The normalized spacial score (nSPS) is 3.69. The summed E-state index contributed by atoms with van der Waals surface area (Å²) in [5, 5.41) is 14.6. The molecule has 0 aliphatic carbocycles. The second kappa shape index (κ2) is 36.1. The van der Waals surface area contributed by atoms with Gasteiger partial charge in [-0.15, -0.1) is 0 Å². The average Bonchev–Trinajstić information content (AvgIpc) is 1.25. The molecule has 9 heteroatoms. The summed E-state index contributed by atoms with van der Waals surface area (Å²) in [4.78, 5) is 17.8. The van der Waals surface area contributed by atoms with Gasteiger partial charge in [0, 0.05) is 0 Å². The molecule has 0 rings (SSSR count). The monoisotopic (exact) mass is 236 g/mol. The van der Waals surface area contributed by atoms with Gasteiger partial charge in [-0.05, 0) is 0 Å². The minimum atomic E-state index is -1.08. The molecule has 0 aliphatic rings. The van der Waals surface area contributed by atoms with Gasteiger partial charge >= 0.3 is 148 Å². The molecule has 0 atom stereocenters. The zero-order valence-electron chi connectivity index (χ0n) is 12.1. The Bertz CT molecular complexity index is 89.7. The quantitative estimate of drug-likeness (QED) is 0.323. The van der Waals surface area contributed by atoms with Gasteiger partial charge in [0.25, 0.3) is 0 Å². The van der Waals surface area contributed by atoms with E-state index in [1.165, 1.54) is 0 Å². The van der Waals surface area contributed by atoms with Crippen LogP contribution in [0.2, 0.25) is 0 Å². The van der Waals surface area contributed by atoms with Crippen LogP contribution in [0.3, 0.4) is 0 Å². The van der Waals surface area contributed by atoms with Crippen molar-refractivity contribution < 1.29 is 172 Å². The van der Waals surface area contributed by atoms with Gasteiger partial charge in [0.2, 0.25) is 0 Å². The Morgan fingerprint density at radius 3 is 0.769 bits per heavy atom. The molecule has 4 nitrogen and oxygen atoms in total. The van der Waals surface area contributed by atoms with E-state index in [-0.39, 0.29) is 152 Å². The van der Waals surface area contributed by atoms with Crippen LogP contribution in [-0.2, 0) is 9.59 Å². The number of carbonyl (C=O) groups is 2. The molecule has 0 aromatic heterocycles. The molecule has 0 bridgehead atoms. The molecule has 0 saturated carbocycles. The molecule has 0 saturated heterocycles. The first-order chi connectivity index (χ1) is 3.46. The van der Waals surface area contributed by atoms with E-state index in [4.69, 9.17) is 19.8 Å². The third-order valence-electron chi connectivity index (χ3n) is 0. The number of hydrogen-bond donors (Lipinski definition) is 2. The third-order valence-corrected chi connectivity index (χ3v) is 0. The third kappa shape index (κ3) is 217. The van der Waals surface area contributed by atoms with Crippen LogP contribution in [0.4, 0.5) is 0 Å². The fourth-order valence-corrected chi connectivity index (χ4v) is 0. The smallest absolute Gasteiger partial charge is 1.00 e. The maximum Gasteiger partial charge on any atom is 1.00 e. The van der Waals surface area contributed by atoms with Crippen molar-refractivity contribution in [3.05, 3.63) is 13.8 Å². The number of carboxylic acids is 2. The van der Waals surface area contributed by atoms with E-state index >= 15 is 0 Å². The van der Waals surface area contributed by atoms with Crippen LogP contribution in [-0.4, -0.2) is 22.2 Å². The zero-order chi connectivity index (χ0) is 7.15. The van der Waals surface area contributed by atoms with Gasteiger partial charge in [-0.2, -0.15) is 0 Å². The van der Waals surface area contributed by atoms with Crippen molar-refractivity contribution in [2.45, 2.75) is 0 Å². The maximum atomic E-state index is 8.89. The molecule has 2 N–H and O–H groups in total. The van der Waals surface area contributed by atoms with E-state index in [9.17, 15) is 0 Å². The van der Waals surface area contributed by atoms with Crippen LogP contribution >= 0.6 is 0 Å². The van der Waals surface area contributed by atoms with Crippen LogP contribution in [0, 0.1) is 13.8 Å². The van der Waals surface area contributed by atoms with Crippen molar-refractivity contribution in [2.24, 2.45) is 0 Å². The Morgan fingerprint density at radius 2 is 0.769 bits per heavy atom. The summed E-state index contributed by atoms with van der Waals surface area (Å²) >= 11 is 0. The van der Waals surface area contributed by atoms with Crippen molar-refractivity contribution in [3.63, 3.8) is 0 Å². The van der Waals surface area contributed by atoms with E-state index in [2.05, 4.69) is 13.8 Å². The van der Waals surface area contributed by atoms with Crippen LogP contribution in [0.5, 0.6) is 0 Å². The molecule has 0 spiro atoms. The van der Waals surface area contributed by atoms with Crippen molar-refractivity contribution in [3.8, 4) is 0 Å². The molecule has 0 unspecified atom stereocenters. The average molecular weight is 236 g/mol. The van der Waals surface area contributed by atoms with Gasteiger partial charge < -0.3 is 14.5 Å². The summed E-state index contributed by atoms with van der Waals surface area (Å²) in [5.41, 5.74) is 0. The molecule has 0 radical (unpaired) electrons. The van der Waals surface area contributed by atoms with E-state index in [0.29, 0.717) is 0 Å². The molecule has 0 aromatic rings. The summed E-state index contributed by atoms with van der Waals surface area (Å²) in [6, 6.07) is 0. The number of carboxylic acid groups (broad SMARTS) is 2. The van der Waals surface area contributed by atoms with Crippen LogP contribution in [0.25, 0.3) is 0 Å². The molecule has 0 aromatic carbocycles. The topological polar surface area (TPSA) is 74.6 Å². The molecule has 0 heterocycles. The Kier molecular flexibility index (Phi) is 121. The molecular formula is C4H9Na5O4. The minimum Gasteiger partial charge on any atom is -1.00 e.